The summed E-state index contributed by atoms with van der Waals surface area (Å²) in [5, 5.41) is 3.54. The number of ether oxygens (including phenoxy) is 1. The highest BCUT2D eigenvalue weighted by molar-refractivity contribution is 4.88. The van der Waals surface area contributed by atoms with E-state index in [9.17, 15) is 0 Å². The number of rotatable bonds is 5. The Balaban J connectivity index is 1.89. The fraction of sp³-hybridized carbons (Fsp3) is 1.00. The van der Waals surface area contributed by atoms with E-state index in [-0.39, 0.29) is 5.60 Å². The van der Waals surface area contributed by atoms with Crippen LogP contribution in [0.1, 0.15) is 52.9 Å². The lowest BCUT2D eigenvalue weighted by Gasteiger charge is -2.43. The average molecular weight is 268 g/mol. The fourth-order valence-electron chi connectivity index (χ4n) is 3.61. The first-order valence-electron chi connectivity index (χ1n) is 8.25. The molecule has 0 aliphatic carbocycles. The smallest absolute Gasteiger partial charge is 0.0666 e. The van der Waals surface area contributed by atoms with E-state index in [1.54, 1.807) is 0 Å². The monoisotopic (exact) mass is 268 g/mol. The molecular formula is C16H32N2O. The maximum atomic E-state index is 5.99. The van der Waals surface area contributed by atoms with Crippen molar-refractivity contribution in [3.8, 4) is 0 Å². The van der Waals surface area contributed by atoms with Crippen molar-refractivity contribution < 1.29 is 4.74 Å². The van der Waals surface area contributed by atoms with Crippen molar-refractivity contribution in [1.29, 1.82) is 0 Å². The van der Waals surface area contributed by atoms with Gasteiger partial charge in [-0.05, 0) is 64.6 Å². The number of nitrogens with zero attached hydrogens (tertiary/aromatic N) is 1. The van der Waals surface area contributed by atoms with Crippen LogP contribution in [0.15, 0.2) is 0 Å². The Morgan fingerprint density at radius 2 is 2.16 bits per heavy atom. The minimum absolute atomic E-state index is 0.112. The van der Waals surface area contributed by atoms with Crippen LogP contribution in [0.5, 0.6) is 0 Å². The van der Waals surface area contributed by atoms with Crippen LogP contribution in [0.4, 0.5) is 0 Å². The van der Waals surface area contributed by atoms with Crippen molar-refractivity contribution in [2.45, 2.75) is 64.5 Å². The summed E-state index contributed by atoms with van der Waals surface area (Å²) in [5.74, 6) is 0.851. The third kappa shape index (κ3) is 4.17. The highest BCUT2D eigenvalue weighted by Gasteiger charge is 2.34. The van der Waals surface area contributed by atoms with Gasteiger partial charge in [0.15, 0.2) is 0 Å². The van der Waals surface area contributed by atoms with E-state index in [4.69, 9.17) is 4.74 Å². The van der Waals surface area contributed by atoms with E-state index in [1.165, 1.54) is 51.9 Å². The lowest BCUT2D eigenvalue weighted by Crippen LogP contribution is -2.49. The molecular weight excluding hydrogens is 236 g/mol. The Kier molecular flexibility index (Phi) is 5.67. The van der Waals surface area contributed by atoms with Crippen LogP contribution < -0.4 is 5.32 Å². The van der Waals surface area contributed by atoms with Gasteiger partial charge in [-0.15, -0.1) is 0 Å². The van der Waals surface area contributed by atoms with Gasteiger partial charge in [-0.3, -0.25) is 0 Å². The number of hydrogen-bond acceptors (Lipinski definition) is 3. The summed E-state index contributed by atoms with van der Waals surface area (Å²) in [5.41, 5.74) is 0.112. The van der Waals surface area contributed by atoms with Crippen molar-refractivity contribution in [2.24, 2.45) is 5.92 Å². The highest BCUT2D eigenvalue weighted by atomic mass is 16.5. The molecule has 2 saturated heterocycles. The first-order chi connectivity index (χ1) is 9.17. The Bertz CT molecular complexity index is 265. The predicted molar refractivity (Wildman–Crippen MR) is 80.5 cm³/mol. The summed E-state index contributed by atoms with van der Waals surface area (Å²) in [7, 11) is 0. The Morgan fingerprint density at radius 1 is 1.32 bits per heavy atom. The molecule has 3 unspecified atom stereocenters. The molecule has 3 heteroatoms. The van der Waals surface area contributed by atoms with Gasteiger partial charge in [0.25, 0.3) is 0 Å². The van der Waals surface area contributed by atoms with E-state index >= 15 is 0 Å². The lowest BCUT2D eigenvalue weighted by atomic mass is 9.88. The second-order valence-electron chi connectivity index (χ2n) is 6.60. The molecule has 0 aromatic carbocycles. The Morgan fingerprint density at radius 3 is 2.79 bits per heavy atom. The van der Waals surface area contributed by atoms with Crippen molar-refractivity contribution in [2.75, 3.05) is 32.8 Å². The van der Waals surface area contributed by atoms with Crippen LogP contribution in [-0.2, 0) is 4.74 Å². The maximum absolute atomic E-state index is 5.99. The highest BCUT2D eigenvalue weighted by Crippen LogP contribution is 2.31. The molecule has 0 bridgehead atoms. The zero-order valence-electron chi connectivity index (χ0n) is 13.1. The first-order valence-corrected chi connectivity index (χ1v) is 8.25. The largest absolute Gasteiger partial charge is 0.375 e. The van der Waals surface area contributed by atoms with Crippen LogP contribution in [-0.4, -0.2) is 49.3 Å². The van der Waals surface area contributed by atoms with Crippen LogP contribution in [0.2, 0.25) is 0 Å². The molecule has 0 radical (unpaired) electrons. The molecule has 0 spiro atoms. The molecule has 2 rings (SSSR count). The van der Waals surface area contributed by atoms with Gasteiger partial charge in [-0.1, -0.05) is 13.8 Å². The lowest BCUT2D eigenvalue weighted by molar-refractivity contribution is -0.0976. The third-order valence-electron chi connectivity index (χ3n) is 5.13. The summed E-state index contributed by atoms with van der Waals surface area (Å²) in [6, 6.07) is 0.727. The van der Waals surface area contributed by atoms with E-state index in [0.717, 1.165) is 25.0 Å². The van der Waals surface area contributed by atoms with Crippen LogP contribution in [0.3, 0.4) is 0 Å². The van der Waals surface area contributed by atoms with Gasteiger partial charge in [0, 0.05) is 19.2 Å². The summed E-state index contributed by atoms with van der Waals surface area (Å²) in [6.07, 6.45) is 6.30. The quantitative estimate of drug-likeness (QED) is 0.829. The molecule has 0 aromatic heterocycles. The predicted octanol–water partition coefficient (Wildman–Crippen LogP) is 2.66. The van der Waals surface area contributed by atoms with Gasteiger partial charge in [-0.2, -0.15) is 0 Å². The molecule has 0 saturated carbocycles. The van der Waals surface area contributed by atoms with Crippen molar-refractivity contribution >= 4 is 0 Å². The van der Waals surface area contributed by atoms with Gasteiger partial charge in [0.2, 0.25) is 0 Å². The van der Waals surface area contributed by atoms with E-state index < -0.39 is 0 Å². The summed E-state index contributed by atoms with van der Waals surface area (Å²) >= 11 is 0. The van der Waals surface area contributed by atoms with Gasteiger partial charge in [0.1, 0.15) is 0 Å². The molecule has 1 N–H and O–H groups in total. The number of piperidine rings is 1. The summed E-state index contributed by atoms with van der Waals surface area (Å²) < 4.78 is 5.99. The molecule has 112 valence electrons. The second kappa shape index (κ2) is 7.05. The van der Waals surface area contributed by atoms with Gasteiger partial charge < -0.3 is 15.0 Å². The minimum Gasteiger partial charge on any atom is -0.375 e. The molecule has 19 heavy (non-hydrogen) atoms. The molecule has 3 nitrogen and oxygen atoms in total. The van der Waals surface area contributed by atoms with Crippen LogP contribution >= 0.6 is 0 Å². The summed E-state index contributed by atoms with van der Waals surface area (Å²) in [4.78, 5) is 2.72. The van der Waals surface area contributed by atoms with E-state index in [2.05, 4.69) is 31.0 Å². The zero-order chi connectivity index (χ0) is 13.7. The SMILES string of the molecule is CCN(CC1CCCNC1)C1CCOC(C)(CC)C1. The Hall–Kier alpha value is -0.120. The average Bonchev–Trinajstić information content (AvgIpc) is 2.46. The molecule has 2 heterocycles. The number of nitrogens with one attached hydrogen (secondary N) is 1. The standard InChI is InChI=1S/C16H32N2O/c1-4-16(3)11-15(8-10-19-16)18(5-2)13-14-7-6-9-17-12-14/h14-15,17H,4-13H2,1-3H3. The van der Waals surface area contributed by atoms with Gasteiger partial charge in [-0.25, -0.2) is 0 Å². The molecule has 2 aliphatic rings. The fourth-order valence-corrected chi connectivity index (χ4v) is 3.61. The van der Waals surface area contributed by atoms with Crippen LogP contribution in [0, 0.1) is 5.92 Å². The minimum atomic E-state index is 0.112. The molecule has 0 amide bonds. The molecule has 2 aliphatic heterocycles. The topological polar surface area (TPSA) is 24.5 Å². The number of hydrogen-bond donors (Lipinski definition) is 1. The van der Waals surface area contributed by atoms with Crippen LogP contribution in [0.25, 0.3) is 0 Å². The zero-order valence-corrected chi connectivity index (χ0v) is 13.1. The van der Waals surface area contributed by atoms with E-state index in [0.29, 0.717) is 0 Å². The molecule has 3 atom stereocenters. The maximum Gasteiger partial charge on any atom is 0.0666 e. The van der Waals surface area contributed by atoms with Gasteiger partial charge >= 0.3 is 0 Å². The summed E-state index contributed by atoms with van der Waals surface area (Å²) in [6.45, 7) is 12.7. The van der Waals surface area contributed by atoms with Crippen molar-refractivity contribution in [3.05, 3.63) is 0 Å². The van der Waals surface area contributed by atoms with Crippen molar-refractivity contribution in [3.63, 3.8) is 0 Å². The molecule has 0 aromatic rings. The van der Waals surface area contributed by atoms with Crippen molar-refractivity contribution in [1.82, 2.24) is 10.2 Å². The second-order valence-corrected chi connectivity index (χ2v) is 6.60. The third-order valence-corrected chi connectivity index (χ3v) is 5.13. The first kappa shape index (κ1) is 15.3. The van der Waals surface area contributed by atoms with E-state index in [1.807, 2.05) is 0 Å². The Labute approximate surface area is 119 Å². The molecule has 2 fully saturated rings. The normalized spacial score (nSPS) is 36.6. The van der Waals surface area contributed by atoms with Gasteiger partial charge in [0.05, 0.1) is 5.60 Å².